The van der Waals surface area contributed by atoms with Gasteiger partial charge in [0.05, 0.1) is 6.04 Å². The van der Waals surface area contributed by atoms with Gasteiger partial charge in [-0.1, -0.05) is 130 Å². The number of carbonyl (C=O) groups excluding carboxylic acids is 2. The minimum absolute atomic E-state index is 0.0108. The molecular weight excluding hydrogens is 442 g/mol. The van der Waals surface area contributed by atoms with Crippen LogP contribution in [0.1, 0.15) is 60.3 Å². The zero-order valence-electron chi connectivity index (χ0n) is 21.2. The van der Waals surface area contributed by atoms with Gasteiger partial charge in [0.15, 0.2) is 5.78 Å². The Hall–Kier alpha value is -3.98. The monoisotopic (exact) mass is 475 g/mol. The maximum atomic E-state index is 14.1. The van der Waals surface area contributed by atoms with Gasteiger partial charge >= 0.3 is 0 Å². The van der Waals surface area contributed by atoms with E-state index in [1.165, 1.54) is 5.56 Å². The number of para-hydroxylation sites is 1. The molecule has 1 amide bonds. The Kier molecular flexibility index (Phi) is 7.80. The van der Waals surface area contributed by atoms with Crippen molar-refractivity contribution < 1.29 is 9.59 Å². The molecule has 0 saturated carbocycles. The summed E-state index contributed by atoms with van der Waals surface area (Å²) in [7, 11) is 0. The van der Waals surface area contributed by atoms with Gasteiger partial charge in [0, 0.05) is 23.1 Å². The minimum Gasteiger partial charge on any atom is -0.304 e. The zero-order valence-corrected chi connectivity index (χ0v) is 21.2. The van der Waals surface area contributed by atoms with E-state index in [2.05, 4.69) is 18.2 Å². The number of anilines is 1. The lowest BCUT2D eigenvalue weighted by molar-refractivity contribution is -0.126. The molecule has 0 spiro atoms. The van der Waals surface area contributed by atoms with Gasteiger partial charge in [-0.15, -0.1) is 0 Å². The van der Waals surface area contributed by atoms with Crippen molar-refractivity contribution in [1.82, 2.24) is 0 Å². The first-order chi connectivity index (χ1) is 17.3. The quantitative estimate of drug-likeness (QED) is 0.245. The van der Waals surface area contributed by atoms with Crippen LogP contribution in [0.15, 0.2) is 115 Å². The van der Waals surface area contributed by atoms with E-state index in [1.54, 1.807) is 0 Å². The highest BCUT2D eigenvalue weighted by atomic mass is 16.2. The average Bonchev–Trinajstić information content (AvgIpc) is 2.90. The Balaban J connectivity index is 1.84. The van der Waals surface area contributed by atoms with Gasteiger partial charge in [0.2, 0.25) is 5.91 Å². The van der Waals surface area contributed by atoms with Gasteiger partial charge in [0.1, 0.15) is 0 Å². The Labute approximate surface area is 214 Å². The van der Waals surface area contributed by atoms with Crippen LogP contribution in [0.5, 0.6) is 0 Å². The molecule has 0 bridgehead atoms. The van der Waals surface area contributed by atoms with Crippen LogP contribution in [-0.4, -0.2) is 11.7 Å². The second-order valence-corrected chi connectivity index (χ2v) is 10.1. The summed E-state index contributed by atoms with van der Waals surface area (Å²) < 4.78 is 0. The smallest absolute Gasteiger partial charge is 0.232 e. The second-order valence-electron chi connectivity index (χ2n) is 10.1. The van der Waals surface area contributed by atoms with Gasteiger partial charge in [-0.25, -0.2) is 0 Å². The molecule has 0 aliphatic rings. The number of ketones is 1. The van der Waals surface area contributed by atoms with Gasteiger partial charge < -0.3 is 4.90 Å². The molecule has 0 heterocycles. The lowest BCUT2D eigenvalue weighted by Crippen LogP contribution is -2.43. The number of carbonyl (C=O) groups is 2. The summed E-state index contributed by atoms with van der Waals surface area (Å²) in [5, 5.41) is 0. The predicted octanol–water partition coefficient (Wildman–Crippen LogP) is 7.67. The summed E-state index contributed by atoms with van der Waals surface area (Å²) in [6.07, 6.45) is 0.884. The first kappa shape index (κ1) is 25.1. The molecule has 0 fully saturated rings. The molecule has 0 aromatic heterocycles. The molecule has 36 heavy (non-hydrogen) atoms. The molecule has 4 aromatic rings. The number of benzene rings is 4. The van der Waals surface area contributed by atoms with Crippen LogP contribution in [-0.2, 0) is 11.2 Å². The molecule has 4 rings (SSSR count). The average molecular weight is 476 g/mol. The summed E-state index contributed by atoms with van der Waals surface area (Å²) >= 11 is 0. The first-order valence-electron chi connectivity index (χ1n) is 12.4. The molecule has 0 radical (unpaired) electrons. The van der Waals surface area contributed by atoms with E-state index in [0.29, 0.717) is 12.0 Å². The predicted molar refractivity (Wildman–Crippen MR) is 147 cm³/mol. The van der Waals surface area contributed by atoms with Crippen LogP contribution in [0.4, 0.5) is 5.69 Å². The lowest BCUT2D eigenvalue weighted by atomic mass is 9.89. The van der Waals surface area contributed by atoms with Crippen molar-refractivity contribution in [3.05, 3.63) is 138 Å². The van der Waals surface area contributed by atoms with Crippen molar-refractivity contribution in [3.63, 3.8) is 0 Å². The molecule has 182 valence electrons. The third kappa shape index (κ3) is 5.98. The molecular formula is C33H33NO2. The Bertz CT molecular complexity index is 1290. The molecule has 0 saturated heterocycles. The van der Waals surface area contributed by atoms with E-state index in [1.807, 2.05) is 123 Å². The maximum absolute atomic E-state index is 14.1. The summed E-state index contributed by atoms with van der Waals surface area (Å²) in [6, 6.07) is 37.1. The number of hydrogen-bond donors (Lipinski definition) is 0. The SMILES string of the molecule is CC(C)(C)C(=O)N(c1ccccc1Cc1ccccc1)C(CC(=O)c1ccccc1)c1ccccc1. The Morgan fingerprint density at radius 1 is 0.694 bits per heavy atom. The van der Waals surface area contributed by atoms with Gasteiger partial charge in [0.25, 0.3) is 0 Å². The maximum Gasteiger partial charge on any atom is 0.232 e. The molecule has 0 N–H and O–H groups in total. The topological polar surface area (TPSA) is 37.4 Å². The first-order valence-corrected chi connectivity index (χ1v) is 12.4. The van der Waals surface area contributed by atoms with Crippen LogP contribution in [0, 0.1) is 5.41 Å². The van der Waals surface area contributed by atoms with Crippen molar-refractivity contribution in [1.29, 1.82) is 0 Å². The third-order valence-electron chi connectivity index (χ3n) is 6.32. The number of amides is 1. The number of hydrogen-bond acceptors (Lipinski definition) is 2. The van der Waals surface area contributed by atoms with E-state index in [9.17, 15) is 9.59 Å². The Morgan fingerprint density at radius 3 is 1.83 bits per heavy atom. The normalized spacial score (nSPS) is 12.1. The van der Waals surface area contributed by atoms with E-state index in [0.717, 1.165) is 16.8 Å². The third-order valence-corrected chi connectivity index (χ3v) is 6.32. The minimum atomic E-state index is -0.636. The van der Waals surface area contributed by atoms with Gasteiger partial charge in [-0.3, -0.25) is 9.59 Å². The van der Waals surface area contributed by atoms with Crippen LogP contribution < -0.4 is 4.90 Å². The van der Waals surface area contributed by atoms with E-state index in [4.69, 9.17) is 0 Å². The van der Waals surface area contributed by atoms with E-state index < -0.39 is 11.5 Å². The summed E-state index contributed by atoms with van der Waals surface area (Å²) in [5.74, 6) is -0.00516. The van der Waals surface area contributed by atoms with Crippen LogP contribution in [0.25, 0.3) is 0 Å². The van der Waals surface area contributed by atoms with Crippen molar-refractivity contribution in [2.75, 3.05) is 4.90 Å². The van der Waals surface area contributed by atoms with Crippen molar-refractivity contribution in [3.8, 4) is 0 Å². The number of rotatable bonds is 8. The standard InChI is InChI=1S/C33H33NO2/c1-33(2,3)32(36)34(29-22-14-13-21-28(29)23-25-15-7-4-8-16-25)30(26-17-9-5-10-18-26)24-31(35)27-19-11-6-12-20-27/h4-22,30H,23-24H2,1-3H3. The summed E-state index contributed by atoms with van der Waals surface area (Å²) in [4.78, 5) is 29.5. The molecule has 3 heteroatoms. The zero-order chi connectivity index (χ0) is 25.5. The van der Waals surface area contributed by atoms with Gasteiger partial charge in [-0.05, 0) is 29.2 Å². The van der Waals surface area contributed by atoms with Crippen LogP contribution >= 0.6 is 0 Å². The fourth-order valence-electron chi connectivity index (χ4n) is 4.44. The van der Waals surface area contributed by atoms with Crippen LogP contribution in [0.3, 0.4) is 0 Å². The fourth-order valence-corrected chi connectivity index (χ4v) is 4.44. The Morgan fingerprint density at radius 2 is 1.22 bits per heavy atom. The molecule has 0 aliphatic carbocycles. The lowest BCUT2D eigenvalue weighted by Gasteiger charge is -2.37. The fraction of sp³-hybridized carbons (Fsp3) is 0.212. The van der Waals surface area contributed by atoms with Crippen molar-refractivity contribution >= 4 is 17.4 Å². The van der Waals surface area contributed by atoms with Crippen molar-refractivity contribution in [2.45, 2.75) is 39.7 Å². The number of nitrogens with zero attached hydrogens (tertiary/aromatic N) is 1. The van der Waals surface area contributed by atoms with E-state index >= 15 is 0 Å². The molecule has 4 aromatic carbocycles. The molecule has 3 nitrogen and oxygen atoms in total. The highest BCUT2D eigenvalue weighted by molar-refractivity contribution is 6.01. The second kappa shape index (κ2) is 11.2. The number of Topliss-reactive ketones (excluding diaryl/α,β-unsaturated/α-hetero) is 1. The summed E-state index contributed by atoms with van der Waals surface area (Å²) in [6.45, 7) is 5.80. The van der Waals surface area contributed by atoms with E-state index in [-0.39, 0.29) is 18.1 Å². The molecule has 1 unspecified atom stereocenters. The van der Waals surface area contributed by atoms with Crippen molar-refractivity contribution in [2.24, 2.45) is 5.41 Å². The largest absolute Gasteiger partial charge is 0.304 e. The molecule has 1 atom stereocenters. The van der Waals surface area contributed by atoms with Crippen LogP contribution in [0.2, 0.25) is 0 Å². The van der Waals surface area contributed by atoms with Gasteiger partial charge in [-0.2, -0.15) is 0 Å². The highest BCUT2D eigenvalue weighted by Gasteiger charge is 2.36. The highest BCUT2D eigenvalue weighted by Crippen LogP contribution is 2.37. The summed E-state index contributed by atoms with van der Waals surface area (Å²) in [5.41, 5.74) is 4.02. The molecule has 0 aliphatic heterocycles.